The molecule has 0 aliphatic carbocycles. The second kappa shape index (κ2) is 12.3. The van der Waals surface area contributed by atoms with E-state index in [4.69, 9.17) is 14.2 Å². The average Bonchev–Trinajstić information content (AvgIpc) is 3.24. The summed E-state index contributed by atoms with van der Waals surface area (Å²) in [6.45, 7) is 6.85. The van der Waals surface area contributed by atoms with Crippen molar-refractivity contribution >= 4 is 35.6 Å². The van der Waals surface area contributed by atoms with Crippen molar-refractivity contribution in [1.82, 2.24) is 10.2 Å². The summed E-state index contributed by atoms with van der Waals surface area (Å²) in [7, 11) is 3.53. The Morgan fingerprint density at radius 3 is 2.57 bits per heavy atom. The first kappa shape index (κ1) is 23.0. The van der Waals surface area contributed by atoms with Gasteiger partial charge >= 0.3 is 0 Å². The van der Waals surface area contributed by atoms with Gasteiger partial charge in [-0.15, -0.1) is 24.0 Å². The molecule has 0 spiro atoms. The number of nitrogens with zero attached hydrogens (tertiary/aromatic N) is 3. The number of hydrogen-bond donors (Lipinski definition) is 1. The predicted octanol–water partition coefficient (Wildman–Crippen LogP) is 2.21. The smallest absolute Gasteiger partial charge is 0.193 e. The van der Waals surface area contributed by atoms with Gasteiger partial charge in [0.1, 0.15) is 5.75 Å². The normalized spacial score (nSPS) is 20.1. The van der Waals surface area contributed by atoms with E-state index in [-0.39, 0.29) is 30.1 Å². The lowest BCUT2D eigenvalue weighted by Crippen LogP contribution is -2.53. The van der Waals surface area contributed by atoms with Crippen molar-refractivity contribution in [2.24, 2.45) is 4.99 Å². The third-order valence-corrected chi connectivity index (χ3v) is 5.09. The number of hydrogen-bond acceptors (Lipinski definition) is 5. The maximum Gasteiger partial charge on any atom is 0.193 e. The number of rotatable bonds is 7. The summed E-state index contributed by atoms with van der Waals surface area (Å²) in [4.78, 5) is 9.13. The standard InChI is InChI=1S/C20H32N4O3.HI/c1-21-20(22-9-15-26-16-19-4-3-14-27-19)24-12-10-23(11-13-24)17-5-7-18(25-2)8-6-17;/h5-8,19H,3-4,9-16H2,1-2H3,(H,21,22);1H. The number of aliphatic imine (C=N–C) groups is 1. The van der Waals surface area contributed by atoms with E-state index in [0.29, 0.717) is 13.2 Å². The van der Waals surface area contributed by atoms with Crippen LogP contribution in [0, 0.1) is 0 Å². The molecule has 0 bridgehead atoms. The van der Waals surface area contributed by atoms with Gasteiger partial charge in [0.25, 0.3) is 0 Å². The van der Waals surface area contributed by atoms with E-state index in [1.165, 1.54) is 5.69 Å². The van der Waals surface area contributed by atoms with Crippen LogP contribution in [-0.2, 0) is 9.47 Å². The third-order valence-electron chi connectivity index (χ3n) is 5.09. The molecular formula is C20H33IN4O3. The first-order valence-corrected chi connectivity index (χ1v) is 9.84. The highest BCUT2D eigenvalue weighted by molar-refractivity contribution is 14.0. The van der Waals surface area contributed by atoms with E-state index >= 15 is 0 Å². The summed E-state index contributed by atoms with van der Waals surface area (Å²) in [5, 5.41) is 3.41. The zero-order chi connectivity index (χ0) is 18.9. The number of methoxy groups -OCH3 is 1. The van der Waals surface area contributed by atoms with E-state index in [0.717, 1.165) is 63.9 Å². The molecule has 2 fully saturated rings. The molecule has 2 aliphatic heterocycles. The molecule has 7 nitrogen and oxygen atoms in total. The van der Waals surface area contributed by atoms with Gasteiger partial charge in [-0.3, -0.25) is 4.99 Å². The lowest BCUT2D eigenvalue weighted by Gasteiger charge is -2.37. The van der Waals surface area contributed by atoms with Crippen LogP contribution in [-0.4, -0.2) is 83.7 Å². The van der Waals surface area contributed by atoms with Crippen molar-refractivity contribution in [3.8, 4) is 5.75 Å². The van der Waals surface area contributed by atoms with Gasteiger partial charge in [-0.05, 0) is 37.1 Å². The lowest BCUT2D eigenvalue weighted by atomic mass is 10.2. The highest BCUT2D eigenvalue weighted by atomic mass is 127. The Balaban J connectivity index is 0.00000280. The molecule has 28 heavy (non-hydrogen) atoms. The molecule has 0 saturated carbocycles. The fraction of sp³-hybridized carbons (Fsp3) is 0.650. The molecule has 1 aromatic carbocycles. The number of halogens is 1. The quantitative estimate of drug-likeness (QED) is 0.266. The van der Waals surface area contributed by atoms with Crippen molar-refractivity contribution in [3.05, 3.63) is 24.3 Å². The highest BCUT2D eigenvalue weighted by Gasteiger charge is 2.20. The third kappa shape index (κ3) is 6.66. The van der Waals surface area contributed by atoms with Gasteiger partial charge in [-0.2, -0.15) is 0 Å². The van der Waals surface area contributed by atoms with Crippen LogP contribution < -0.4 is 15.0 Å². The van der Waals surface area contributed by atoms with Crippen molar-refractivity contribution in [1.29, 1.82) is 0 Å². The number of ether oxygens (including phenoxy) is 3. The molecule has 2 saturated heterocycles. The van der Waals surface area contributed by atoms with Gasteiger partial charge in [0.15, 0.2) is 5.96 Å². The molecule has 1 unspecified atom stereocenters. The van der Waals surface area contributed by atoms with Crippen LogP contribution in [0.1, 0.15) is 12.8 Å². The van der Waals surface area contributed by atoms with Crippen LogP contribution in [0.5, 0.6) is 5.75 Å². The Kier molecular flexibility index (Phi) is 10.1. The van der Waals surface area contributed by atoms with Gasteiger partial charge in [0, 0.05) is 52.1 Å². The summed E-state index contributed by atoms with van der Waals surface area (Å²) < 4.78 is 16.5. The molecule has 1 aromatic rings. The molecule has 2 aliphatic rings. The molecule has 2 heterocycles. The molecule has 0 radical (unpaired) electrons. The van der Waals surface area contributed by atoms with E-state index in [9.17, 15) is 0 Å². The van der Waals surface area contributed by atoms with Gasteiger partial charge < -0.3 is 29.3 Å². The van der Waals surface area contributed by atoms with E-state index in [2.05, 4.69) is 32.2 Å². The summed E-state index contributed by atoms with van der Waals surface area (Å²) >= 11 is 0. The van der Waals surface area contributed by atoms with Gasteiger partial charge in [0.2, 0.25) is 0 Å². The fourth-order valence-corrected chi connectivity index (χ4v) is 3.53. The minimum atomic E-state index is 0. The van der Waals surface area contributed by atoms with Crippen molar-refractivity contribution in [2.45, 2.75) is 18.9 Å². The second-order valence-electron chi connectivity index (χ2n) is 6.86. The Labute approximate surface area is 185 Å². The Hall–Kier alpha value is -1.26. The van der Waals surface area contributed by atoms with Gasteiger partial charge in [0.05, 0.1) is 26.4 Å². The zero-order valence-corrected chi connectivity index (χ0v) is 19.3. The van der Waals surface area contributed by atoms with E-state index in [1.54, 1.807) is 7.11 Å². The SMILES string of the molecule is CN=C(NCCOCC1CCCO1)N1CCN(c2ccc(OC)cc2)CC1.I. The Morgan fingerprint density at radius 1 is 1.21 bits per heavy atom. The number of nitrogens with one attached hydrogen (secondary N) is 1. The van der Waals surface area contributed by atoms with Crippen molar-refractivity contribution in [3.63, 3.8) is 0 Å². The zero-order valence-electron chi connectivity index (χ0n) is 16.9. The minimum Gasteiger partial charge on any atom is -0.497 e. The molecular weight excluding hydrogens is 471 g/mol. The van der Waals surface area contributed by atoms with Gasteiger partial charge in [-0.25, -0.2) is 0 Å². The number of benzene rings is 1. The second-order valence-corrected chi connectivity index (χ2v) is 6.86. The molecule has 158 valence electrons. The van der Waals surface area contributed by atoms with Crippen LogP contribution in [0.25, 0.3) is 0 Å². The van der Waals surface area contributed by atoms with Crippen LogP contribution in [0.2, 0.25) is 0 Å². The molecule has 1 atom stereocenters. The maximum absolute atomic E-state index is 5.71. The van der Waals surface area contributed by atoms with E-state index in [1.807, 2.05) is 19.2 Å². The predicted molar refractivity (Wildman–Crippen MR) is 123 cm³/mol. The average molecular weight is 504 g/mol. The number of guanidine groups is 1. The first-order valence-electron chi connectivity index (χ1n) is 9.84. The molecule has 3 rings (SSSR count). The van der Waals surface area contributed by atoms with Crippen LogP contribution in [0.4, 0.5) is 5.69 Å². The summed E-state index contributed by atoms with van der Waals surface area (Å²) in [5.74, 6) is 1.84. The lowest BCUT2D eigenvalue weighted by molar-refractivity contribution is 0.0190. The topological polar surface area (TPSA) is 58.6 Å². The Morgan fingerprint density at radius 2 is 1.96 bits per heavy atom. The summed E-state index contributed by atoms with van der Waals surface area (Å²) in [6, 6.07) is 8.26. The maximum atomic E-state index is 5.71. The number of piperazine rings is 1. The molecule has 8 heteroatoms. The van der Waals surface area contributed by atoms with Crippen molar-refractivity contribution in [2.75, 3.05) is 71.6 Å². The van der Waals surface area contributed by atoms with Crippen molar-refractivity contribution < 1.29 is 14.2 Å². The van der Waals surface area contributed by atoms with E-state index < -0.39 is 0 Å². The Bertz CT molecular complexity index is 586. The van der Waals surface area contributed by atoms with Crippen LogP contribution in [0.3, 0.4) is 0 Å². The minimum absolute atomic E-state index is 0. The van der Waals surface area contributed by atoms with Gasteiger partial charge in [-0.1, -0.05) is 0 Å². The largest absolute Gasteiger partial charge is 0.497 e. The molecule has 0 amide bonds. The van der Waals surface area contributed by atoms with Crippen LogP contribution >= 0.6 is 24.0 Å². The summed E-state index contributed by atoms with van der Waals surface area (Å²) in [6.07, 6.45) is 2.56. The molecule has 0 aromatic heterocycles. The fourth-order valence-electron chi connectivity index (χ4n) is 3.53. The molecule has 1 N–H and O–H groups in total. The highest BCUT2D eigenvalue weighted by Crippen LogP contribution is 2.20. The summed E-state index contributed by atoms with van der Waals surface area (Å²) in [5.41, 5.74) is 1.24. The first-order chi connectivity index (χ1) is 13.3. The number of anilines is 1. The monoisotopic (exact) mass is 504 g/mol. The van der Waals surface area contributed by atoms with Crippen LogP contribution in [0.15, 0.2) is 29.3 Å².